The van der Waals surface area contributed by atoms with Gasteiger partial charge in [0, 0.05) is 76.7 Å². The molecule has 2 fully saturated rings. The Balaban J connectivity index is 1.18. The molecule has 30 heavy (non-hydrogen) atoms. The van der Waals surface area contributed by atoms with Crippen molar-refractivity contribution in [2.75, 3.05) is 68.7 Å². The molecular weight excluding hydrogens is 383 g/mol. The normalized spacial score (nSPS) is 18.0. The van der Waals surface area contributed by atoms with Crippen molar-refractivity contribution in [3.63, 3.8) is 0 Å². The summed E-state index contributed by atoms with van der Waals surface area (Å²) < 4.78 is 13.1. The highest BCUT2D eigenvalue weighted by Crippen LogP contribution is 2.20. The second kappa shape index (κ2) is 9.34. The number of hydrogen-bond donors (Lipinski definition) is 1. The van der Waals surface area contributed by atoms with Crippen LogP contribution < -0.4 is 9.80 Å². The Morgan fingerprint density at radius 2 is 1.27 bits per heavy atom. The van der Waals surface area contributed by atoms with Gasteiger partial charge in [0.25, 0.3) is 0 Å². The van der Waals surface area contributed by atoms with Crippen molar-refractivity contribution < 1.29 is 14.3 Å². The molecule has 2 aromatic rings. The highest BCUT2D eigenvalue weighted by molar-refractivity contribution is 5.76. The van der Waals surface area contributed by atoms with Gasteiger partial charge in [-0.1, -0.05) is 0 Å². The largest absolute Gasteiger partial charge is 0.508 e. The highest BCUT2D eigenvalue weighted by Gasteiger charge is 2.23. The molecule has 4 rings (SSSR count). The van der Waals surface area contributed by atoms with E-state index in [1.165, 1.54) is 12.1 Å². The molecule has 2 heterocycles. The number of nitrogens with zero attached hydrogens (tertiary/aromatic N) is 4. The van der Waals surface area contributed by atoms with Crippen LogP contribution in [0, 0.1) is 5.82 Å². The van der Waals surface area contributed by atoms with Crippen molar-refractivity contribution in [3.05, 3.63) is 54.3 Å². The zero-order valence-electron chi connectivity index (χ0n) is 17.2. The number of anilines is 2. The summed E-state index contributed by atoms with van der Waals surface area (Å²) in [4.78, 5) is 21.5. The lowest BCUT2D eigenvalue weighted by Crippen LogP contribution is -2.50. The van der Waals surface area contributed by atoms with Gasteiger partial charge in [0.2, 0.25) is 5.91 Å². The van der Waals surface area contributed by atoms with Gasteiger partial charge in [-0.05, 0) is 48.5 Å². The van der Waals surface area contributed by atoms with Crippen LogP contribution in [0.3, 0.4) is 0 Å². The fraction of sp³-hybridized carbons (Fsp3) is 0.435. The van der Waals surface area contributed by atoms with Crippen LogP contribution in [0.2, 0.25) is 0 Å². The van der Waals surface area contributed by atoms with Crippen LogP contribution in [-0.2, 0) is 4.79 Å². The van der Waals surface area contributed by atoms with Crippen molar-refractivity contribution in [1.29, 1.82) is 0 Å². The average Bonchev–Trinajstić information content (AvgIpc) is 2.79. The number of benzene rings is 2. The predicted molar refractivity (Wildman–Crippen MR) is 117 cm³/mol. The summed E-state index contributed by atoms with van der Waals surface area (Å²) in [7, 11) is 0. The van der Waals surface area contributed by atoms with Crippen molar-refractivity contribution in [2.24, 2.45) is 0 Å². The van der Waals surface area contributed by atoms with E-state index in [1.807, 2.05) is 17.0 Å². The van der Waals surface area contributed by atoms with E-state index in [0.29, 0.717) is 19.5 Å². The topological polar surface area (TPSA) is 50.3 Å². The highest BCUT2D eigenvalue weighted by atomic mass is 19.1. The van der Waals surface area contributed by atoms with Crippen LogP contribution in [0.5, 0.6) is 5.75 Å². The number of rotatable bonds is 5. The summed E-state index contributed by atoms with van der Waals surface area (Å²) in [6.45, 7) is 7.51. The number of carbonyl (C=O) groups excluding carboxylic acids is 1. The molecule has 0 saturated carbocycles. The fourth-order valence-corrected chi connectivity index (χ4v) is 4.17. The molecule has 0 atom stereocenters. The second-order valence-corrected chi connectivity index (χ2v) is 7.94. The van der Waals surface area contributed by atoms with Gasteiger partial charge in [-0.2, -0.15) is 0 Å². The van der Waals surface area contributed by atoms with Gasteiger partial charge in [-0.25, -0.2) is 4.39 Å². The molecule has 0 spiro atoms. The Kier molecular flexibility index (Phi) is 6.38. The zero-order valence-corrected chi connectivity index (χ0v) is 17.2. The fourth-order valence-electron chi connectivity index (χ4n) is 4.17. The molecule has 6 nitrogen and oxygen atoms in total. The maximum absolute atomic E-state index is 13.1. The van der Waals surface area contributed by atoms with Gasteiger partial charge < -0.3 is 19.8 Å². The van der Waals surface area contributed by atoms with Gasteiger partial charge in [0.1, 0.15) is 11.6 Å². The van der Waals surface area contributed by atoms with E-state index in [2.05, 4.69) is 14.7 Å². The van der Waals surface area contributed by atoms with E-state index in [9.17, 15) is 14.3 Å². The van der Waals surface area contributed by atoms with Crippen molar-refractivity contribution in [3.8, 4) is 5.75 Å². The maximum atomic E-state index is 13.1. The van der Waals surface area contributed by atoms with Crippen LogP contribution in [0.4, 0.5) is 15.8 Å². The number of aromatic hydroxyl groups is 1. The molecule has 7 heteroatoms. The van der Waals surface area contributed by atoms with E-state index in [1.54, 1.807) is 24.3 Å². The number of amides is 1. The van der Waals surface area contributed by atoms with Crippen LogP contribution in [0.1, 0.15) is 6.42 Å². The molecule has 1 amide bonds. The molecule has 2 aromatic carbocycles. The van der Waals surface area contributed by atoms with E-state index >= 15 is 0 Å². The lowest BCUT2D eigenvalue weighted by molar-refractivity contribution is -0.131. The molecule has 0 aromatic heterocycles. The first-order valence-electron chi connectivity index (χ1n) is 10.6. The van der Waals surface area contributed by atoms with Gasteiger partial charge in [-0.3, -0.25) is 9.69 Å². The molecule has 1 N–H and O–H groups in total. The quantitative estimate of drug-likeness (QED) is 0.817. The zero-order chi connectivity index (χ0) is 20.9. The number of phenols is 1. The summed E-state index contributed by atoms with van der Waals surface area (Å²) in [5, 5.41) is 9.43. The summed E-state index contributed by atoms with van der Waals surface area (Å²) in [6.07, 6.45) is 0.551. The molecule has 2 aliphatic rings. The minimum absolute atomic E-state index is 0.217. The molecule has 2 aliphatic heterocycles. The predicted octanol–water partition coefficient (Wildman–Crippen LogP) is 2.39. The minimum atomic E-state index is -0.225. The Labute approximate surface area is 177 Å². The Hall–Kier alpha value is -2.80. The Bertz CT molecular complexity index is 827. The monoisotopic (exact) mass is 412 g/mol. The molecule has 0 aliphatic carbocycles. The standard InChI is InChI=1S/C23H29FN4O2/c24-19-1-3-20(4-2-19)27-15-17-28(18-16-27)23(30)9-10-25-11-13-26(14-12-25)21-5-7-22(29)8-6-21/h1-8,29H,9-18H2. The van der Waals surface area contributed by atoms with E-state index in [-0.39, 0.29) is 17.5 Å². The van der Waals surface area contributed by atoms with Crippen LogP contribution >= 0.6 is 0 Å². The SMILES string of the molecule is O=C(CCN1CCN(c2ccc(O)cc2)CC1)N1CCN(c2ccc(F)cc2)CC1. The van der Waals surface area contributed by atoms with E-state index in [4.69, 9.17) is 0 Å². The Morgan fingerprint density at radius 3 is 1.83 bits per heavy atom. The van der Waals surface area contributed by atoms with Crippen LogP contribution in [0.25, 0.3) is 0 Å². The molecule has 0 unspecified atom stereocenters. The number of carbonyl (C=O) groups is 1. The number of piperazine rings is 2. The molecule has 0 radical (unpaired) electrons. The first-order valence-corrected chi connectivity index (χ1v) is 10.6. The third-order valence-electron chi connectivity index (χ3n) is 6.05. The summed E-state index contributed by atoms with van der Waals surface area (Å²) in [5.74, 6) is 0.278. The maximum Gasteiger partial charge on any atom is 0.223 e. The van der Waals surface area contributed by atoms with Crippen molar-refractivity contribution in [1.82, 2.24) is 9.80 Å². The van der Waals surface area contributed by atoms with E-state index in [0.717, 1.165) is 57.2 Å². The minimum Gasteiger partial charge on any atom is -0.508 e. The first-order chi connectivity index (χ1) is 14.6. The average molecular weight is 413 g/mol. The van der Waals surface area contributed by atoms with Gasteiger partial charge in [0.05, 0.1) is 0 Å². The lowest BCUT2D eigenvalue weighted by Gasteiger charge is -2.38. The summed E-state index contributed by atoms with van der Waals surface area (Å²) >= 11 is 0. The molecule has 160 valence electrons. The van der Waals surface area contributed by atoms with Gasteiger partial charge in [0.15, 0.2) is 0 Å². The third kappa shape index (κ3) is 5.02. The second-order valence-electron chi connectivity index (χ2n) is 7.94. The number of phenolic OH excluding ortho intramolecular Hbond substituents is 1. The number of hydrogen-bond acceptors (Lipinski definition) is 5. The molecule has 0 bridgehead atoms. The Morgan fingerprint density at radius 1 is 0.767 bits per heavy atom. The summed E-state index contributed by atoms with van der Waals surface area (Å²) in [5.41, 5.74) is 2.14. The van der Waals surface area contributed by atoms with E-state index < -0.39 is 0 Å². The molecular formula is C23H29FN4O2. The lowest BCUT2D eigenvalue weighted by atomic mass is 10.2. The number of halogens is 1. The van der Waals surface area contributed by atoms with Crippen molar-refractivity contribution >= 4 is 17.3 Å². The smallest absolute Gasteiger partial charge is 0.223 e. The van der Waals surface area contributed by atoms with Gasteiger partial charge in [-0.15, -0.1) is 0 Å². The molecule has 2 saturated heterocycles. The third-order valence-corrected chi connectivity index (χ3v) is 6.05. The van der Waals surface area contributed by atoms with Gasteiger partial charge >= 0.3 is 0 Å². The van der Waals surface area contributed by atoms with Crippen LogP contribution in [-0.4, -0.2) is 79.7 Å². The first kappa shape index (κ1) is 20.5. The summed E-state index contributed by atoms with van der Waals surface area (Å²) in [6, 6.07) is 13.9. The van der Waals surface area contributed by atoms with Crippen molar-refractivity contribution in [2.45, 2.75) is 6.42 Å². The van der Waals surface area contributed by atoms with Crippen LogP contribution in [0.15, 0.2) is 48.5 Å².